The Labute approximate surface area is 148 Å². The van der Waals surface area contributed by atoms with E-state index in [0.29, 0.717) is 11.1 Å². The fourth-order valence-corrected chi connectivity index (χ4v) is 3.00. The number of alkyl halides is 2. The SMILES string of the molecule is COc1cc(/C=C2/C(=O)N(C)c3ccccc32)cc(Cl)c1OC(F)F. The number of carbonyl (C=O) groups excluding carboxylic acids is 1. The molecule has 1 heterocycles. The third kappa shape index (κ3) is 3.17. The van der Waals surface area contributed by atoms with Crippen LogP contribution in [-0.2, 0) is 4.79 Å². The van der Waals surface area contributed by atoms with Crippen molar-refractivity contribution >= 4 is 34.8 Å². The van der Waals surface area contributed by atoms with Gasteiger partial charge >= 0.3 is 6.61 Å². The van der Waals surface area contributed by atoms with Crippen molar-refractivity contribution in [3.05, 3.63) is 52.5 Å². The lowest BCUT2D eigenvalue weighted by Gasteiger charge is -2.12. The van der Waals surface area contributed by atoms with Gasteiger partial charge in [-0.3, -0.25) is 4.79 Å². The maximum Gasteiger partial charge on any atom is 0.387 e. The number of methoxy groups -OCH3 is 1. The van der Waals surface area contributed by atoms with Crippen molar-refractivity contribution < 1.29 is 23.0 Å². The lowest BCUT2D eigenvalue weighted by molar-refractivity contribution is -0.112. The third-order valence-electron chi connectivity index (χ3n) is 3.86. The number of likely N-dealkylation sites (N-methyl/N-ethyl adjacent to an activating group) is 1. The van der Waals surface area contributed by atoms with Gasteiger partial charge in [-0.05, 0) is 29.8 Å². The highest BCUT2D eigenvalue weighted by molar-refractivity contribution is 6.36. The highest BCUT2D eigenvalue weighted by Crippen LogP contribution is 2.40. The lowest BCUT2D eigenvalue weighted by Crippen LogP contribution is -2.20. The Balaban J connectivity index is 2.08. The first-order valence-electron chi connectivity index (χ1n) is 7.34. The molecule has 0 atom stereocenters. The van der Waals surface area contributed by atoms with E-state index in [0.717, 1.165) is 11.3 Å². The maximum absolute atomic E-state index is 12.5. The smallest absolute Gasteiger partial charge is 0.387 e. The van der Waals surface area contributed by atoms with Gasteiger partial charge in [0.1, 0.15) is 0 Å². The van der Waals surface area contributed by atoms with Crippen molar-refractivity contribution in [2.75, 3.05) is 19.1 Å². The molecule has 0 N–H and O–H groups in total. The predicted molar refractivity (Wildman–Crippen MR) is 92.4 cm³/mol. The molecule has 0 saturated heterocycles. The number of amides is 1. The average molecular weight is 366 g/mol. The number of fused-ring (bicyclic) bond motifs is 1. The number of ether oxygens (including phenoxy) is 2. The Morgan fingerprint density at radius 2 is 1.96 bits per heavy atom. The average Bonchev–Trinajstić information content (AvgIpc) is 2.82. The van der Waals surface area contributed by atoms with Crippen LogP contribution in [0.1, 0.15) is 11.1 Å². The molecule has 0 radical (unpaired) electrons. The zero-order chi connectivity index (χ0) is 18.1. The van der Waals surface area contributed by atoms with E-state index in [1.54, 1.807) is 18.0 Å². The van der Waals surface area contributed by atoms with Crippen LogP contribution < -0.4 is 14.4 Å². The van der Waals surface area contributed by atoms with E-state index in [1.807, 2.05) is 24.3 Å². The number of nitrogens with zero attached hydrogens (tertiary/aromatic N) is 1. The van der Waals surface area contributed by atoms with Gasteiger partial charge in [-0.15, -0.1) is 0 Å². The predicted octanol–water partition coefficient (Wildman–Crippen LogP) is 4.47. The van der Waals surface area contributed by atoms with Crippen molar-refractivity contribution in [3.63, 3.8) is 0 Å². The van der Waals surface area contributed by atoms with Gasteiger partial charge in [0.25, 0.3) is 5.91 Å². The van der Waals surface area contributed by atoms with Crippen LogP contribution in [0.5, 0.6) is 11.5 Å². The molecule has 0 spiro atoms. The van der Waals surface area contributed by atoms with Gasteiger partial charge in [-0.1, -0.05) is 29.8 Å². The summed E-state index contributed by atoms with van der Waals surface area (Å²) in [6.45, 7) is -3.02. The van der Waals surface area contributed by atoms with Crippen molar-refractivity contribution in [1.82, 2.24) is 0 Å². The van der Waals surface area contributed by atoms with E-state index in [4.69, 9.17) is 16.3 Å². The molecule has 1 aliphatic rings. The molecule has 7 heteroatoms. The summed E-state index contributed by atoms with van der Waals surface area (Å²) in [5.74, 6) is -0.340. The highest BCUT2D eigenvalue weighted by Gasteiger charge is 2.29. The molecule has 3 rings (SSSR count). The molecule has 130 valence electrons. The molecule has 2 aromatic rings. The molecule has 0 bridgehead atoms. The summed E-state index contributed by atoms with van der Waals surface area (Å²) in [7, 11) is 3.01. The summed E-state index contributed by atoms with van der Waals surface area (Å²) in [5, 5.41) is -0.0291. The second kappa shape index (κ2) is 6.72. The van der Waals surface area contributed by atoms with Crippen LogP contribution in [0.4, 0.5) is 14.5 Å². The van der Waals surface area contributed by atoms with Crippen LogP contribution in [0, 0.1) is 0 Å². The number of benzene rings is 2. The van der Waals surface area contributed by atoms with Crippen molar-refractivity contribution in [1.29, 1.82) is 0 Å². The van der Waals surface area contributed by atoms with Crippen LogP contribution in [0.3, 0.4) is 0 Å². The first-order chi connectivity index (χ1) is 11.9. The fraction of sp³-hybridized carbons (Fsp3) is 0.167. The van der Waals surface area contributed by atoms with E-state index >= 15 is 0 Å². The van der Waals surface area contributed by atoms with Crippen LogP contribution in [0.2, 0.25) is 5.02 Å². The molecule has 2 aromatic carbocycles. The zero-order valence-corrected chi connectivity index (χ0v) is 14.2. The fourth-order valence-electron chi connectivity index (χ4n) is 2.73. The first-order valence-corrected chi connectivity index (χ1v) is 7.71. The van der Waals surface area contributed by atoms with Crippen LogP contribution >= 0.6 is 11.6 Å². The Morgan fingerprint density at radius 1 is 1.24 bits per heavy atom. The normalized spacial score (nSPS) is 15.0. The van der Waals surface area contributed by atoms with Gasteiger partial charge < -0.3 is 14.4 Å². The molecule has 0 unspecified atom stereocenters. The number of carbonyl (C=O) groups is 1. The minimum atomic E-state index is -3.02. The number of halogens is 3. The molecule has 0 fully saturated rings. The lowest BCUT2D eigenvalue weighted by atomic mass is 10.0. The highest BCUT2D eigenvalue weighted by atomic mass is 35.5. The van der Waals surface area contributed by atoms with Crippen molar-refractivity contribution in [3.8, 4) is 11.5 Å². The Hall–Kier alpha value is -2.60. The summed E-state index contributed by atoms with van der Waals surface area (Å²) >= 11 is 6.05. The number of anilines is 1. The standard InChI is InChI=1S/C18H14ClF2NO3/c1-22-14-6-4-3-5-11(14)12(17(22)23)7-10-8-13(19)16(25-18(20)21)15(9-10)24-2/h3-9,18H,1-2H3/b12-7+. The van der Waals surface area contributed by atoms with Gasteiger partial charge in [0.2, 0.25) is 0 Å². The van der Waals surface area contributed by atoms with E-state index < -0.39 is 6.61 Å². The molecule has 0 aromatic heterocycles. The molecule has 25 heavy (non-hydrogen) atoms. The van der Waals surface area contributed by atoms with Crippen LogP contribution in [0.15, 0.2) is 36.4 Å². The summed E-state index contributed by atoms with van der Waals surface area (Å²) < 4.78 is 34.5. The van der Waals surface area contributed by atoms with E-state index in [1.165, 1.54) is 19.2 Å². The van der Waals surface area contributed by atoms with Gasteiger partial charge in [-0.25, -0.2) is 0 Å². The number of rotatable bonds is 4. The molecule has 0 aliphatic carbocycles. The number of para-hydroxylation sites is 1. The van der Waals surface area contributed by atoms with Gasteiger partial charge in [-0.2, -0.15) is 8.78 Å². The summed E-state index contributed by atoms with van der Waals surface area (Å²) in [4.78, 5) is 14.0. The second-order valence-electron chi connectivity index (χ2n) is 5.35. The molecule has 1 aliphatic heterocycles. The molecule has 1 amide bonds. The van der Waals surface area contributed by atoms with E-state index in [9.17, 15) is 13.6 Å². The first kappa shape index (κ1) is 17.2. The monoisotopic (exact) mass is 365 g/mol. The summed E-state index contributed by atoms with van der Waals surface area (Å²) in [5.41, 5.74) is 2.61. The maximum atomic E-state index is 12.5. The minimum Gasteiger partial charge on any atom is -0.493 e. The zero-order valence-electron chi connectivity index (χ0n) is 13.4. The third-order valence-corrected chi connectivity index (χ3v) is 4.14. The molecular weight excluding hydrogens is 352 g/mol. The number of hydrogen-bond acceptors (Lipinski definition) is 3. The summed E-state index contributed by atoms with van der Waals surface area (Å²) in [6, 6.07) is 10.3. The molecule has 4 nitrogen and oxygen atoms in total. The number of hydrogen-bond donors (Lipinski definition) is 0. The minimum absolute atomic E-state index is 0.0291. The van der Waals surface area contributed by atoms with Crippen LogP contribution in [0.25, 0.3) is 11.6 Å². The largest absolute Gasteiger partial charge is 0.493 e. The molecular formula is C18H14ClF2NO3. The second-order valence-corrected chi connectivity index (χ2v) is 5.76. The van der Waals surface area contributed by atoms with E-state index in [2.05, 4.69) is 4.74 Å². The van der Waals surface area contributed by atoms with Gasteiger partial charge in [0.15, 0.2) is 11.5 Å². The quantitative estimate of drug-likeness (QED) is 0.750. The van der Waals surface area contributed by atoms with E-state index in [-0.39, 0.29) is 22.4 Å². The Kier molecular flexibility index (Phi) is 4.63. The van der Waals surface area contributed by atoms with Crippen LogP contribution in [-0.4, -0.2) is 26.7 Å². The Morgan fingerprint density at radius 3 is 2.64 bits per heavy atom. The topological polar surface area (TPSA) is 38.8 Å². The van der Waals surface area contributed by atoms with Gasteiger partial charge in [0.05, 0.1) is 17.8 Å². The van der Waals surface area contributed by atoms with Gasteiger partial charge in [0, 0.05) is 18.2 Å². The molecule has 0 saturated carbocycles. The Bertz CT molecular complexity index is 867. The van der Waals surface area contributed by atoms with Crippen molar-refractivity contribution in [2.24, 2.45) is 0 Å². The summed E-state index contributed by atoms with van der Waals surface area (Å²) in [6.07, 6.45) is 1.64. The van der Waals surface area contributed by atoms with Crippen molar-refractivity contribution in [2.45, 2.75) is 6.61 Å².